The second-order valence-electron chi connectivity index (χ2n) is 6.19. The number of carboxylic acids is 1. The highest BCUT2D eigenvalue weighted by Gasteiger charge is 2.96. The predicted molar refractivity (Wildman–Crippen MR) is 74.5 cm³/mol. The van der Waals surface area contributed by atoms with Gasteiger partial charge >= 0.3 is 52.9 Å². The number of likely N-dealkylation sites (N-methyl/N-ethyl adjacent to an activating group) is 1. The van der Waals surface area contributed by atoms with Crippen LogP contribution >= 0.6 is 0 Å². The quantitative estimate of drug-likeness (QED) is 0.357. The average Bonchev–Trinajstić information content (AvgIpc) is 2.65. The molecule has 0 bridgehead atoms. The molecule has 0 aromatic carbocycles. The smallest absolute Gasteiger partial charge is 0.460 e. The minimum Gasteiger partial charge on any atom is -0.480 e. The minimum absolute atomic E-state index is 1.44. The molecule has 0 fully saturated rings. The first-order valence-corrected chi connectivity index (χ1v) is 9.04. The molecule has 0 heterocycles. The summed E-state index contributed by atoms with van der Waals surface area (Å²) in [6, 6.07) is 0. The fourth-order valence-electron chi connectivity index (χ4n) is 1.91. The summed E-state index contributed by atoms with van der Waals surface area (Å²) in [4.78, 5) is 10.5. The Morgan fingerprint density at radius 2 is 1.00 bits per heavy atom. The van der Waals surface area contributed by atoms with Crippen molar-refractivity contribution in [2.24, 2.45) is 0 Å². The van der Waals surface area contributed by atoms with Crippen molar-refractivity contribution < 1.29 is 94.3 Å². The van der Waals surface area contributed by atoms with Gasteiger partial charge in [0, 0.05) is 7.92 Å². The van der Waals surface area contributed by atoms with Gasteiger partial charge in [-0.05, 0) is 0 Å². The van der Waals surface area contributed by atoms with E-state index in [1.807, 2.05) is 0 Å². The summed E-state index contributed by atoms with van der Waals surface area (Å²) in [6.07, 6.45) is -7.94. The summed E-state index contributed by atoms with van der Waals surface area (Å²) in [5, 5.41) is 0.505. The largest absolute Gasteiger partial charge is 0.480 e. The van der Waals surface area contributed by atoms with Crippen LogP contribution in [0.5, 0.6) is 0 Å². The van der Waals surface area contributed by atoms with Crippen LogP contribution in [-0.4, -0.2) is 83.9 Å². The summed E-state index contributed by atoms with van der Waals surface area (Å²) in [6.45, 7) is -5.77. The van der Waals surface area contributed by atoms with Gasteiger partial charge in [-0.2, -0.15) is 78.9 Å². The van der Waals surface area contributed by atoms with Crippen LogP contribution in [0, 0.1) is 0 Å². The lowest BCUT2D eigenvalue weighted by Gasteiger charge is -2.42. The third-order valence-corrected chi connectivity index (χ3v) is 5.81. The van der Waals surface area contributed by atoms with Crippen molar-refractivity contribution in [3.8, 4) is 0 Å². The maximum Gasteiger partial charge on any atom is 0.460 e. The molecular formula is C12H8F17NO4S. The van der Waals surface area contributed by atoms with Crippen LogP contribution in [0.1, 0.15) is 8.27 Å². The molecule has 0 aliphatic heterocycles. The van der Waals surface area contributed by atoms with Crippen LogP contribution < -0.4 is 0 Å². The molecule has 0 spiro atoms. The molecule has 0 aliphatic rings. The molecule has 210 valence electrons. The number of alkyl halides is 17. The van der Waals surface area contributed by atoms with E-state index < -0.39 is 87.3 Å². The van der Waals surface area contributed by atoms with E-state index in [1.54, 1.807) is 0 Å². The number of hydrogen-bond acceptors (Lipinski definition) is 3. The van der Waals surface area contributed by atoms with Gasteiger partial charge in [-0.15, -0.1) is 0 Å². The topological polar surface area (TPSA) is 74.7 Å². The number of nitrogens with zero attached hydrogens (tertiary/aromatic N) is 1. The summed E-state index contributed by atoms with van der Waals surface area (Å²) < 4.78 is 252. The number of rotatable bonds is 11. The van der Waals surface area contributed by atoms with Crippen LogP contribution in [0.15, 0.2) is 0 Å². The maximum absolute atomic E-state index is 13.9. The lowest BCUT2D eigenvalue weighted by Crippen LogP contribution is -2.75. The summed E-state index contributed by atoms with van der Waals surface area (Å²) >= 11 is 0. The molecule has 1 N–H and O–H groups in total. The van der Waals surface area contributed by atoms with Gasteiger partial charge in [-0.25, -0.2) is 8.42 Å². The molecule has 5 nitrogen and oxygen atoms in total. The van der Waals surface area contributed by atoms with Crippen molar-refractivity contribution in [2.75, 3.05) is 13.1 Å². The third-order valence-electron chi connectivity index (χ3n) is 3.92. The van der Waals surface area contributed by atoms with Crippen molar-refractivity contribution in [2.45, 2.75) is 53.9 Å². The third kappa shape index (κ3) is 4.34. The van der Waals surface area contributed by atoms with Crippen molar-refractivity contribution in [1.29, 1.82) is 0 Å². The lowest BCUT2D eigenvalue weighted by molar-refractivity contribution is -0.458. The van der Waals surface area contributed by atoms with Crippen LogP contribution in [0.3, 0.4) is 0 Å². The standard InChI is InChI=1S/C12H8F17NO4S/c1-2-30(3-4(31)32)35(33,34)12(28,29)10(23,24)8(19,20)6(15,16)5(13,14)7(17,18)9(21,22)11(25,26)27/h2-3H2,1H3,(H,31,32)/i1D. The highest BCUT2D eigenvalue weighted by molar-refractivity contribution is 7.90. The molecule has 0 radical (unpaired) electrons. The second-order valence-corrected chi connectivity index (χ2v) is 8.17. The zero-order chi connectivity index (χ0) is 29.8. The maximum atomic E-state index is 13.9. The van der Waals surface area contributed by atoms with E-state index in [0.717, 1.165) is 0 Å². The molecule has 0 atom stereocenters. The monoisotopic (exact) mass is 586 g/mol. The highest BCUT2D eigenvalue weighted by atomic mass is 32.2. The normalized spacial score (nSPS) is 16.5. The number of hydrogen-bond donors (Lipinski definition) is 1. The van der Waals surface area contributed by atoms with Gasteiger partial charge in [-0.1, -0.05) is 6.90 Å². The number of halogens is 17. The Balaban J connectivity index is 7.07. The first-order chi connectivity index (χ1) is 15.4. The minimum atomic E-state index is -8.98. The Morgan fingerprint density at radius 3 is 1.29 bits per heavy atom. The average molecular weight is 586 g/mol. The first-order valence-electron chi connectivity index (χ1n) is 8.30. The molecule has 0 aromatic heterocycles. The molecule has 0 aromatic rings. The van der Waals surface area contributed by atoms with Crippen LogP contribution in [0.25, 0.3) is 0 Å². The predicted octanol–water partition coefficient (Wildman–Crippen LogP) is 4.69. The van der Waals surface area contributed by atoms with E-state index in [9.17, 15) is 87.8 Å². The number of aliphatic carboxylic acids is 1. The summed E-state index contributed by atoms with van der Waals surface area (Å²) in [5.74, 6) is -55.0. The number of carbonyl (C=O) groups is 1. The van der Waals surface area contributed by atoms with Gasteiger partial charge in [0.25, 0.3) is 10.0 Å². The van der Waals surface area contributed by atoms with Crippen molar-refractivity contribution in [3.05, 3.63) is 0 Å². The Hall–Kier alpha value is -1.81. The van der Waals surface area contributed by atoms with Gasteiger partial charge in [0.2, 0.25) is 0 Å². The molecule has 0 unspecified atom stereocenters. The fraction of sp³-hybridized carbons (Fsp3) is 0.917. The number of carboxylic acid groups (broad SMARTS) is 1. The Bertz CT molecular complexity index is 932. The molecule has 0 rings (SSSR count). The van der Waals surface area contributed by atoms with Gasteiger partial charge in [-0.3, -0.25) is 4.79 Å². The zero-order valence-electron chi connectivity index (χ0n) is 16.6. The van der Waals surface area contributed by atoms with Crippen LogP contribution in [0.4, 0.5) is 74.6 Å². The molecule has 0 saturated heterocycles. The zero-order valence-corrected chi connectivity index (χ0v) is 16.4. The lowest BCUT2D eigenvalue weighted by atomic mass is 9.91. The van der Waals surface area contributed by atoms with E-state index in [2.05, 4.69) is 0 Å². The van der Waals surface area contributed by atoms with Gasteiger partial charge in [0.1, 0.15) is 6.54 Å². The van der Waals surface area contributed by atoms with E-state index in [0.29, 0.717) is 0 Å². The molecule has 23 heteroatoms. The number of sulfonamides is 1. The Labute approximate surface area is 182 Å². The molecule has 0 aliphatic carbocycles. The van der Waals surface area contributed by atoms with Crippen molar-refractivity contribution >= 4 is 16.0 Å². The summed E-state index contributed by atoms with van der Waals surface area (Å²) in [5.41, 5.74) is 0. The van der Waals surface area contributed by atoms with E-state index >= 15 is 0 Å². The Morgan fingerprint density at radius 1 is 0.686 bits per heavy atom. The molecule has 0 amide bonds. The molecular weight excluding hydrogens is 577 g/mol. The van der Waals surface area contributed by atoms with Crippen molar-refractivity contribution in [3.63, 3.8) is 0 Å². The van der Waals surface area contributed by atoms with Gasteiger partial charge in [0.15, 0.2) is 0 Å². The molecule has 35 heavy (non-hydrogen) atoms. The second kappa shape index (κ2) is 8.64. The highest BCUT2D eigenvalue weighted by Crippen LogP contribution is 2.64. The van der Waals surface area contributed by atoms with Gasteiger partial charge < -0.3 is 5.11 Å². The SMILES string of the molecule is [2H]CCN(CC(=O)O)S(=O)(=O)C(F)(F)C(F)(F)C(F)(F)C(F)(F)C(F)(F)C(F)(F)C(F)(F)C(F)(F)F. The van der Waals surface area contributed by atoms with E-state index in [-0.39, 0.29) is 0 Å². The van der Waals surface area contributed by atoms with Gasteiger partial charge in [0.05, 0.1) is 0 Å². The molecule has 0 saturated carbocycles. The fourth-order valence-corrected chi connectivity index (χ4v) is 3.21. The van der Waals surface area contributed by atoms with Crippen molar-refractivity contribution in [1.82, 2.24) is 4.31 Å². The van der Waals surface area contributed by atoms with Crippen LogP contribution in [0.2, 0.25) is 0 Å². The van der Waals surface area contributed by atoms with E-state index in [4.69, 9.17) is 6.48 Å². The van der Waals surface area contributed by atoms with Crippen LogP contribution in [-0.2, 0) is 14.8 Å². The summed E-state index contributed by atoms with van der Waals surface area (Å²) in [7, 11) is -7.72. The Kier molecular flexibility index (Phi) is 7.71. The van der Waals surface area contributed by atoms with E-state index in [1.165, 1.54) is 0 Å². The first kappa shape index (κ1) is 31.2.